The summed E-state index contributed by atoms with van der Waals surface area (Å²) in [6.45, 7) is 1.05. The number of nitrogens with one attached hydrogen (secondary N) is 2. The van der Waals surface area contributed by atoms with Gasteiger partial charge in [0, 0.05) is 31.6 Å². The number of hydrogen-bond acceptors (Lipinski definition) is 5. The average Bonchev–Trinajstić information content (AvgIpc) is 3.11. The summed E-state index contributed by atoms with van der Waals surface area (Å²) in [5.74, 6) is 1.10. The van der Waals surface area contributed by atoms with E-state index in [-0.39, 0.29) is 23.3 Å². The van der Waals surface area contributed by atoms with Crippen LogP contribution in [0.25, 0.3) is 0 Å². The first kappa shape index (κ1) is 17.6. The number of aliphatic hydroxyl groups is 1. The van der Waals surface area contributed by atoms with Gasteiger partial charge in [0.2, 0.25) is 0 Å². The van der Waals surface area contributed by atoms with E-state index in [1.165, 1.54) is 16.7 Å². The lowest BCUT2D eigenvalue weighted by Crippen LogP contribution is -2.27. The van der Waals surface area contributed by atoms with E-state index in [4.69, 9.17) is 4.74 Å². The van der Waals surface area contributed by atoms with Gasteiger partial charge in [-0.2, -0.15) is 5.10 Å². The molecule has 25 heavy (non-hydrogen) atoms. The lowest BCUT2D eigenvalue weighted by atomic mass is 10.0. The normalized spacial score (nSPS) is 23.1. The Bertz CT molecular complexity index is 788. The first-order chi connectivity index (χ1) is 12.0. The van der Waals surface area contributed by atoms with Crippen LogP contribution < -0.4 is 15.7 Å². The number of hydrogen-bond donors (Lipinski definition) is 3. The zero-order chi connectivity index (χ0) is 18.0. The monoisotopic (exact) mass is 350 g/mol. The highest BCUT2D eigenvalue weighted by Crippen LogP contribution is 2.37. The molecule has 2 aromatic rings. The van der Waals surface area contributed by atoms with Crippen LogP contribution in [0.1, 0.15) is 30.1 Å². The number of halogens is 1. The van der Waals surface area contributed by atoms with Crippen LogP contribution in [0.5, 0.6) is 5.75 Å². The second-order valence-electron chi connectivity index (χ2n) is 6.53. The Kier molecular flexibility index (Phi) is 5.19. The summed E-state index contributed by atoms with van der Waals surface area (Å²) in [5, 5.41) is 20.1. The fourth-order valence-electron chi connectivity index (χ4n) is 3.53. The molecule has 7 nitrogen and oxygen atoms in total. The molecule has 1 aliphatic rings. The van der Waals surface area contributed by atoms with Gasteiger partial charge in [-0.3, -0.25) is 4.57 Å². The Balaban J connectivity index is 1.58. The minimum absolute atomic E-state index is 0.0504. The minimum atomic E-state index is -0.460. The summed E-state index contributed by atoms with van der Waals surface area (Å²) in [7, 11) is 3.23. The molecule has 1 fully saturated rings. The van der Waals surface area contributed by atoms with Crippen molar-refractivity contribution in [2.75, 3.05) is 13.7 Å². The van der Waals surface area contributed by atoms with Crippen molar-refractivity contribution in [3.05, 3.63) is 45.9 Å². The highest BCUT2D eigenvalue weighted by molar-refractivity contribution is 5.33. The average molecular weight is 350 g/mol. The van der Waals surface area contributed by atoms with Crippen molar-refractivity contribution >= 4 is 0 Å². The Labute approximate surface area is 144 Å². The summed E-state index contributed by atoms with van der Waals surface area (Å²) in [6.07, 6.45) is 0.860. The van der Waals surface area contributed by atoms with Crippen LogP contribution in [0, 0.1) is 11.7 Å². The van der Waals surface area contributed by atoms with Gasteiger partial charge in [-0.15, -0.1) is 0 Å². The second-order valence-corrected chi connectivity index (χ2v) is 6.53. The van der Waals surface area contributed by atoms with Gasteiger partial charge >= 0.3 is 5.69 Å². The van der Waals surface area contributed by atoms with Gasteiger partial charge < -0.3 is 15.2 Å². The quantitative estimate of drug-likeness (QED) is 0.720. The van der Waals surface area contributed by atoms with Crippen LogP contribution in [0.2, 0.25) is 0 Å². The molecule has 3 atom stereocenters. The Morgan fingerprint density at radius 2 is 2.28 bits per heavy atom. The van der Waals surface area contributed by atoms with E-state index in [9.17, 15) is 14.3 Å². The molecule has 0 unspecified atom stereocenters. The standard InChI is InChI=1S/C17H23FN4O3/c1-22-16(20-21-17(22)24)10-5-11(14(23)7-10)8-19-9-12-6-13(18)3-4-15(12)25-2/h3-4,6,10-11,14,19,23H,5,7-9H2,1-2H3,(H,21,24)/t10-,11+,14+/m0/s1. The first-order valence-corrected chi connectivity index (χ1v) is 8.32. The third kappa shape index (κ3) is 3.74. The molecule has 1 aromatic heterocycles. The molecule has 3 rings (SSSR count). The van der Waals surface area contributed by atoms with E-state index in [2.05, 4.69) is 15.5 Å². The molecule has 3 N–H and O–H groups in total. The van der Waals surface area contributed by atoms with Crippen molar-refractivity contribution in [1.82, 2.24) is 20.1 Å². The van der Waals surface area contributed by atoms with E-state index in [1.54, 1.807) is 20.2 Å². The van der Waals surface area contributed by atoms with Crippen molar-refractivity contribution < 1.29 is 14.2 Å². The van der Waals surface area contributed by atoms with E-state index in [1.807, 2.05) is 0 Å². The van der Waals surface area contributed by atoms with Crippen LogP contribution in [-0.2, 0) is 13.6 Å². The van der Waals surface area contributed by atoms with E-state index in [0.29, 0.717) is 31.1 Å². The number of H-pyrrole nitrogens is 1. The summed E-state index contributed by atoms with van der Waals surface area (Å²) in [4.78, 5) is 11.5. The van der Waals surface area contributed by atoms with Crippen LogP contribution in [-0.4, -0.2) is 39.6 Å². The molecule has 136 valence electrons. The fraction of sp³-hybridized carbons (Fsp3) is 0.529. The summed E-state index contributed by atoms with van der Waals surface area (Å²) in [6, 6.07) is 4.41. The summed E-state index contributed by atoms with van der Waals surface area (Å²) < 4.78 is 20.1. The van der Waals surface area contributed by atoms with Crippen LogP contribution in [0.15, 0.2) is 23.0 Å². The molecule has 1 saturated carbocycles. The van der Waals surface area contributed by atoms with Gasteiger partial charge in [-0.05, 0) is 37.0 Å². The highest BCUT2D eigenvalue weighted by atomic mass is 19.1. The summed E-state index contributed by atoms with van der Waals surface area (Å²) in [5.41, 5.74) is 0.491. The Hall–Kier alpha value is -2.19. The van der Waals surface area contributed by atoms with Gasteiger partial charge in [0.25, 0.3) is 0 Å². The van der Waals surface area contributed by atoms with Crippen molar-refractivity contribution in [3.63, 3.8) is 0 Å². The number of nitrogens with zero attached hydrogens (tertiary/aromatic N) is 2. The molecule has 8 heteroatoms. The van der Waals surface area contributed by atoms with Gasteiger partial charge in [0.05, 0.1) is 13.2 Å². The molecule has 0 saturated heterocycles. The molecule has 0 bridgehead atoms. The van der Waals surface area contributed by atoms with Gasteiger partial charge in [0.1, 0.15) is 17.4 Å². The van der Waals surface area contributed by atoms with Gasteiger partial charge in [-0.1, -0.05) is 0 Å². The zero-order valence-corrected chi connectivity index (χ0v) is 14.3. The zero-order valence-electron chi connectivity index (χ0n) is 14.3. The first-order valence-electron chi connectivity index (χ1n) is 8.32. The van der Waals surface area contributed by atoms with Gasteiger partial charge in [0.15, 0.2) is 0 Å². The minimum Gasteiger partial charge on any atom is -0.496 e. The number of aromatic amines is 1. The van der Waals surface area contributed by atoms with E-state index >= 15 is 0 Å². The number of aromatic nitrogens is 3. The molecule has 0 aliphatic heterocycles. The lowest BCUT2D eigenvalue weighted by molar-refractivity contribution is 0.131. The van der Waals surface area contributed by atoms with Gasteiger partial charge in [-0.25, -0.2) is 14.3 Å². The molecule has 1 heterocycles. The number of methoxy groups -OCH3 is 1. The fourth-order valence-corrected chi connectivity index (χ4v) is 3.53. The molecule has 0 amide bonds. The lowest BCUT2D eigenvalue weighted by Gasteiger charge is -2.16. The molecule has 1 aliphatic carbocycles. The smallest absolute Gasteiger partial charge is 0.343 e. The second kappa shape index (κ2) is 7.37. The van der Waals surface area contributed by atoms with Crippen molar-refractivity contribution in [1.29, 1.82) is 0 Å². The van der Waals surface area contributed by atoms with Crippen LogP contribution >= 0.6 is 0 Å². The summed E-state index contributed by atoms with van der Waals surface area (Å²) >= 11 is 0. The van der Waals surface area contributed by atoms with Crippen LogP contribution in [0.3, 0.4) is 0 Å². The number of aliphatic hydroxyl groups excluding tert-OH is 1. The number of rotatable bonds is 6. The SMILES string of the molecule is COc1ccc(F)cc1CNC[C@H]1C[C@H](c2n[nH]c(=O)n2C)C[C@H]1O. The van der Waals surface area contributed by atoms with E-state index < -0.39 is 6.10 Å². The third-order valence-electron chi connectivity index (χ3n) is 4.90. The molecular formula is C17H23FN4O3. The van der Waals surface area contributed by atoms with Crippen molar-refractivity contribution in [2.24, 2.45) is 13.0 Å². The van der Waals surface area contributed by atoms with E-state index in [0.717, 1.165) is 12.0 Å². The largest absolute Gasteiger partial charge is 0.496 e. The predicted molar refractivity (Wildman–Crippen MR) is 90.0 cm³/mol. The number of ether oxygens (including phenoxy) is 1. The molecule has 0 spiro atoms. The number of benzene rings is 1. The third-order valence-corrected chi connectivity index (χ3v) is 4.90. The Morgan fingerprint density at radius 1 is 1.48 bits per heavy atom. The van der Waals surface area contributed by atoms with Crippen molar-refractivity contribution in [2.45, 2.75) is 31.4 Å². The predicted octanol–water partition coefficient (Wildman–Crippen LogP) is 0.900. The maximum Gasteiger partial charge on any atom is 0.343 e. The molecule has 0 radical (unpaired) electrons. The maximum atomic E-state index is 13.4. The van der Waals surface area contributed by atoms with Crippen LogP contribution in [0.4, 0.5) is 4.39 Å². The molecular weight excluding hydrogens is 327 g/mol. The van der Waals surface area contributed by atoms with Crippen molar-refractivity contribution in [3.8, 4) is 5.75 Å². The Morgan fingerprint density at radius 3 is 2.96 bits per heavy atom. The highest BCUT2D eigenvalue weighted by Gasteiger charge is 2.35. The topological polar surface area (TPSA) is 92.2 Å². The maximum absolute atomic E-state index is 13.4. The molecule has 1 aromatic carbocycles.